The molecule has 0 saturated heterocycles. The van der Waals surface area contributed by atoms with E-state index < -0.39 is 5.97 Å². The quantitative estimate of drug-likeness (QED) is 0.828. The van der Waals surface area contributed by atoms with Gasteiger partial charge in [-0.1, -0.05) is 6.07 Å². The fraction of sp³-hybridized carbons (Fsp3) is 0.357. The van der Waals surface area contributed by atoms with Crippen LogP contribution in [0.25, 0.3) is 10.1 Å². The van der Waals surface area contributed by atoms with Crippen molar-refractivity contribution in [1.82, 2.24) is 4.90 Å². The van der Waals surface area contributed by atoms with Gasteiger partial charge in [0.15, 0.2) is 0 Å². The highest BCUT2D eigenvalue weighted by Crippen LogP contribution is 2.35. The van der Waals surface area contributed by atoms with Gasteiger partial charge in [-0.25, -0.2) is 9.18 Å². The summed E-state index contributed by atoms with van der Waals surface area (Å²) in [6.45, 7) is 0.914. The van der Waals surface area contributed by atoms with Crippen LogP contribution < -0.4 is 0 Å². The Balaban J connectivity index is 2.29. The Hall–Kier alpha value is -1.11. The van der Waals surface area contributed by atoms with Crippen LogP contribution in [0.2, 0.25) is 0 Å². The van der Waals surface area contributed by atoms with Crippen molar-refractivity contribution in [3.05, 3.63) is 34.5 Å². The Morgan fingerprint density at radius 1 is 1.45 bits per heavy atom. The molecule has 6 heteroatoms. The van der Waals surface area contributed by atoms with Gasteiger partial charge in [0.05, 0.1) is 0 Å². The van der Waals surface area contributed by atoms with E-state index in [1.807, 2.05) is 14.1 Å². The summed E-state index contributed by atoms with van der Waals surface area (Å²) in [6.07, 6.45) is 0. The highest BCUT2D eigenvalue weighted by molar-refractivity contribution is 7.98. The normalized spacial score (nSPS) is 11.4. The highest BCUT2D eigenvalue weighted by atomic mass is 32.2. The van der Waals surface area contributed by atoms with E-state index in [4.69, 9.17) is 0 Å². The second-order valence-corrected chi connectivity index (χ2v) is 6.84. The molecule has 2 aromatic rings. The SMILES string of the molecule is CN(C)CCSCc1c(C(=O)O)sc2cccc(F)c12. The van der Waals surface area contributed by atoms with E-state index in [1.54, 1.807) is 23.9 Å². The van der Waals surface area contributed by atoms with E-state index in [0.29, 0.717) is 21.4 Å². The highest BCUT2D eigenvalue weighted by Gasteiger charge is 2.19. The van der Waals surface area contributed by atoms with Gasteiger partial charge >= 0.3 is 5.97 Å². The molecule has 0 spiro atoms. The van der Waals surface area contributed by atoms with E-state index in [9.17, 15) is 14.3 Å². The lowest BCUT2D eigenvalue weighted by Gasteiger charge is -2.09. The minimum Gasteiger partial charge on any atom is -0.477 e. The van der Waals surface area contributed by atoms with E-state index in [2.05, 4.69) is 4.90 Å². The van der Waals surface area contributed by atoms with Crippen molar-refractivity contribution in [3.8, 4) is 0 Å². The molecule has 3 nitrogen and oxygen atoms in total. The molecule has 1 aromatic carbocycles. The molecular weight excluding hydrogens is 297 g/mol. The van der Waals surface area contributed by atoms with Gasteiger partial charge in [-0.3, -0.25) is 0 Å². The number of rotatable bonds is 6. The standard InChI is InChI=1S/C14H16FNO2S2/c1-16(2)6-7-19-8-9-12-10(15)4-3-5-11(12)20-13(9)14(17)18/h3-5H,6-8H2,1-2H3,(H,17,18). The summed E-state index contributed by atoms with van der Waals surface area (Å²) in [5.74, 6) is 0.0946. The fourth-order valence-corrected chi connectivity index (χ4v) is 4.20. The first-order valence-electron chi connectivity index (χ1n) is 6.16. The van der Waals surface area contributed by atoms with Crippen molar-refractivity contribution in [2.45, 2.75) is 5.75 Å². The molecule has 0 bridgehead atoms. The van der Waals surface area contributed by atoms with Crippen LogP contribution in [-0.2, 0) is 5.75 Å². The van der Waals surface area contributed by atoms with Gasteiger partial charge in [-0.15, -0.1) is 11.3 Å². The zero-order valence-electron chi connectivity index (χ0n) is 11.4. The van der Waals surface area contributed by atoms with Crippen LogP contribution in [-0.4, -0.2) is 42.4 Å². The summed E-state index contributed by atoms with van der Waals surface area (Å²) in [6, 6.07) is 4.76. The summed E-state index contributed by atoms with van der Waals surface area (Å²) < 4.78 is 14.7. The third-order valence-corrected chi connectivity index (χ3v) is 5.04. The van der Waals surface area contributed by atoms with Crippen LogP contribution in [0.5, 0.6) is 0 Å². The van der Waals surface area contributed by atoms with E-state index in [1.165, 1.54) is 6.07 Å². The zero-order chi connectivity index (χ0) is 14.7. The molecule has 0 aliphatic rings. The van der Waals surface area contributed by atoms with Crippen LogP contribution in [0.3, 0.4) is 0 Å². The number of hydrogen-bond donors (Lipinski definition) is 1. The van der Waals surface area contributed by atoms with Crippen molar-refractivity contribution in [2.24, 2.45) is 0 Å². The molecule has 2 rings (SSSR count). The van der Waals surface area contributed by atoms with Crippen LogP contribution in [0.1, 0.15) is 15.2 Å². The minimum atomic E-state index is -0.978. The first-order chi connectivity index (χ1) is 9.50. The lowest BCUT2D eigenvalue weighted by atomic mass is 10.1. The number of benzene rings is 1. The molecule has 1 N–H and O–H groups in total. The van der Waals surface area contributed by atoms with Gasteiger partial charge in [-0.05, 0) is 31.8 Å². The molecule has 0 fully saturated rings. The summed E-state index contributed by atoms with van der Waals surface area (Å²) in [5, 5.41) is 9.74. The zero-order valence-corrected chi connectivity index (χ0v) is 13.0. The molecule has 0 aliphatic heterocycles. The van der Waals surface area contributed by atoms with E-state index in [-0.39, 0.29) is 10.7 Å². The van der Waals surface area contributed by atoms with Crippen LogP contribution >= 0.6 is 23.1 Å². The summed E-state index contributed by atoms with van der Waals surface area (Å²) in [4.78, 5) is 13.6. The van der Waals surface area contributed by atoms with Crippen molar-refractivity contribution < 1.29 is 14.3 Å². The molecule has 0 amide bonds. The van der Waals surface area contributed by atoms with Gasteiger partial charge in [0, 0.05) is 28.1 Å². The van der Waals surface area contributed by atoms with Crippen molar-refractivity contribution in [2.75, 3.05) is 26.4 Å². The van der Waals surface area contributed by atoms with Crippen molar-refractivity contribution >= 4 is 39.2 Å². The third kappa shape index (κ3) is 3.31. The molecule has 1 aromatic heterocycles. The maximum Gasteiger partial charge on any atom is 0.346 e. The second-order valence-electron chi connectivity index (χ2n) is 4.68. The average molecular weight is 313 g/mol. The Kier molecular flexibility index (Phi) is 5.01. The Morgan fingerprint density at radius 3 is 2.85 bits per heavy atom. The fourth-order valence-electron chi connectivity index (χ4n) is 1.90. The molecule has 0 aliphatic carbocycles. The molecule has 0 atom stereocenters. The number of nitrogens with zero attached hydrogens (tertiary/aromatic N) is 1. The number of aromatic carboxylic acids is 1. The maximum atomic E-state index is 14.0. The Labute approximate surface area is 125 Å². The monoisotopic (exact) mass is 313 g/mol. The first kappa shape index (κ1) is 15.3. The van der Waals surface area contributed by atoms with Gasteiger partial charge in [0.1, 0.15) is 10.7 Å². The van der Waals surface area contributed by atoms with Crippen molar-refractivity contribution in [3.63, 3.8) is 0 Å². The lowest BCUT2D eigenvalue weighted by molar-refractivity contribution is 0.0701. The maximum absolute atomic E-state index is 14.0. The van der Waals surface area contributed by atoms with Gasteiger partial charge < -0.3 is 10.0 Å². The molecule has 0 radical (unpaired) electrons. The van der Waals surface area contributed by atoms with Crippen LogP contribution in [0.4, 0.5) is 4.39 Å². The first-order valence-corrected chi connectivity index (χ1v) is 8.13. The summed E-state index contributed by atoms with van der Waals surface area (Å²) in [7, 11) is 3.98. The number of carboxylic acids is 1. The Bertz CT molecular complexity index is 625. The van der Waals surface area contributed by atoms with Crippen LogP contribution in [0, 0.1) is 5.82 Å². The number of halogens is 1. The number of carbonyl (C=O) groups is 1. The number of fused-ring (bicyclic) bond motifs is 1. The second kappa shape index (κ2) is 6.56. The topological polar surface area (TPSA) is 40.5 Å². The van der Waals surface area contributed by atoms with E-state index >= 15 is 0 Å². The molecule has 108 valence electrons. The third-order valence-electron chi connectivity index (χ3n) is 2.89. The number of hydrogen-bond acceptors (Lipinski definition) is 4. The molecule has 1 heterocycles. The number of thiophene rings is 1. The number of carboxylic acid groups (broad SMARTS) is 1. The van der Waals surface area contributed by atoms with Gasteiger partial charge in [0.2, 0.25) is 0 Å². The number of thioether (sulfide) groups is 1. The Morgan fingerprint density at radius 2 is 2.20 bits per heavy atom. The van der Waals surface area contributed by atoms with Crippen LogP contribution in [0.15, 0.2) is 18.2 Å². The lowest BCUT2D eigenvalue weighted by Crippen LogP contribution is -2.14. The largest absolute Gasteiger partial charge is 0.477 e. The van der Waals surface area contributed by atoms with E-state index in [0.717, 1.165) is 23.6 Å². The van der Waals surface area contributed by atoms with Gasteiger partial charge in [-0.2, -0.15) is 11.8 Å². The smallest absolute Gasteiger partial charge is 0.346 e. The summed E-state index contributed by atoms with van der Waals surface area (Å²) >= 11 is 2.78. The predicted molar refractivity (Wildman–Crippen MR) is 83.5 cm³/mol. The van der Waals surface area contributed by atoms with Gasteiger partial charge in [0.25, 0.3) is 0 Å². The van der Waals surface area contributed by atoms with Crippen molar-refractivity contribution in [1.29, 1.82) is 0 Å². The predicted octanol–water partition coefficient (Wildman–Crippen LogP) is 3.53. The molecular formula is C14H16FNO2S2. The molecule has 0 unspecified atom stereocenters. The average Bonchev–Trinajstić information content (AvgIpc) is 2.75. The molecule has 20 heavy (non-hydrogen) atoms. The minimum absolute atomic E-state index is 0.252. The molecule has 0 saturated carbocycles. The summed E-state index contributed by atoms with van der Waals surface area (Å²) in [5.41, 5.74) is 0.611.